The molecule has 0 amide bonds. The Hall–Kier alpha value is -1.73. The van der Waals surface area contributed by atoms with E-state index in [2.05, 4.69) is 10.4 Å². The van der Waals surface area contributed by atoms with Crippen LogP contribution in [-0.4, -0.2) is 27.4 Å². The Kier molecular flexibility index (Phi) is 4.29. The summed E-state index contributed by atoms with van der Waals surface area (Å²) in [6, 6.07) is 4.28. The number of rotatable bonds is 4. The minimum atomic E-state index is 0.0402. The Labute approximate surface area is 156 Å². The Morgan fingerprint density at radius 1 is 1.15 bits per heavy atom. The van der Waals surface area contributed by atoms with Gasteiger partial charge in [-0.3, -0.25) is 4.79 Å². The van der Waals surface area contributed by atoms with Crippen LogP contribution in [0.5, 0.6) is 0 Å². The van der Waals surface area contributed by atoms with Crippen LogP contribution in [-0.2, 0) is 17.8 Å². The van der Waals surface area contributed by atoms with Gasteiger partial charge in [0.05, 0.1) is 35.5 Å². The summed E-state index contributed by atoms with van der Waals surface area (Å²) in [5.74, 6) is 0.583. The Morgan fingerprint density at radius 2 is 2.00 bits per heavy atom. The van der Waals surface area contributed by atoms with Crippen LogP contribution < -0.4 is 10.9 Å². The molecule has 7 heteroatoms. The Morgan fingerprint density at radius 3 is 2.77 bits per heavy atom. The van der Waals surface area contributed by atoms with Gasteiger partial charge >= 0.3 is 0 Å². The van der Waals surface area contributed by atoms with E-state index in [4.69, 9.17) is 9.72 Å². The van der Waals surface area contributed by atoms with Crippen molar-refractivity contribution >= 4 is 16.5 Å². The summed E-state index contributed by atoms with van der Waals surface area (Å²) in [5.41, 5.74) is 2.34. The third-order valence-electron chi connectivity index (χ3n) is 5.71. The number of nitrogens with zero attached hydrogens (tertiary/aromatic N) is 3. The molecule has 1 aliphatic heterocycles. The molecule has 2 fully saturated rings. The lowest BCUT2D eigenvalue weighted by atomic mass is 9.91. The van der Waals surface area contributed by atoms with Crippen molar-refractivity contribution in [2.75, 3.05) is 11.9 Å². The summed E-state index contributed by atoms with van der Waals surface area (Å²) in [6.45, 7) is 1.48. The van der Waals surface area contributed by atoms with Crippen LogP contribution in [0.2, 0.25) is 0 Å². The van der Waals surface area contributed by atoms with Gasteiger partial charge < -0.3 is 10.1 Å². The van der Waals surface area contributed by atoms with Gasteiger partial charge in [-0.15, -0.1) is 0 Å². The highest BCUT2D eigenvalue weighted by Gasteiger charge is 2.28. The smallest absolute Gasteiger partial charge is 0.267 e. The molecule has 0 unspecified atom stereocenters. The fourth-order valence-electron chi connectivity index (χ4n) is 4.02. The van der Waals surface area contributed by atoms with E-state index in [1.54, 1.807) is 22.1 Å². The summed E-state index contributed by atoms with van der Waals surface area (Å²) < 4.78 is 7.26. The molecule has 1 N–H and O–H groups in total. The first-order chi connectivity index (χ1) is 12.8. The molecule has 3 aliphatic rings. The predicted octanol–water partition coefficient (Wildman–Crippen LogP) is 3.25. The number of nitrogens with one attached hydrogen (secondary N) is 1. The second-order valence-electron chi connectivity index (χ2n) is 7.66. The topological polar surface area (TPSA) is 69.0 Å². The highest BCUT2D eigenvalue weighted by atomic mass is 32.1. The number of hydrogen-bond acceptors (Lipinski definition) is 6. The van der Waals surface area contributed by atoms with Crippen LogP contribution in [0.15, 0.2) is 16.9 Å². The number of aromatic nitrogens is 3. The fraction of sp³-hybridized carbons (Fsp3) is 0.632. The minimum Gasteiger partial charge on any atom is -0.375 e. The standard InChI is InChI=1S/C19H24N4O2S/c24-18-8-7-15(12-1-2-12)22-23(18)14-5-3-13(4-6-14)20-19-21-16-9-10-25-11-17(16)26-19/h7-8,12-14H,1-6,9-11H2,(H,20,21). The normalized spacial score (nSPS) is 25.7. The monoisotopic (exact) mass is 372 g/mol. The van der Waals surface area contributed by atoms with Crippen molar-refractivity contribution < 1.29 is 4.74 Å². The number of hydrogen-bond donors (Lipinski definition) is 1. The molecule has 2 aromatic heterocycles. The number of anilines is 1. The Bertz CT molecular complexity index is 826. The van der Waals surface area contributed by atoms with Crippen LogP contribution in [0.4, 0.5) is 5.13 Å². The summed E-state index contributed by atoms with van der Waals surface area (Å²) in [6.07, 6.45) is 7.43. The minimum absolute atomic E-state index is 0.0402. The van der Waals surface area contributed by atoms with Gasteiger partial charge in [0, 0.05) is 24.4 Å². The molecule has 0 radical (unpaired) electrons. The molecule has 5 rings (SSSR count). The fourth-order valence-corrected chi connectivity index (χ4v) is 5.05. The van der Waals surface area contributed by atoms with Gasteiger partial charge in [-0.1, -0.05) is 11.3 Å². The molecule has 138 valence electrons. The van der Waals surface area contributed by atoms with E-state index in [0.29, 0.717) is 18.6 Å². The zero-order valence-electron chi connectivity index (χ0n) is 14.8. The van der Waals surface area contributed by atoms with Gasteiger partial charge in [0.15, 0.2) is 5.13 Å². The van der Waals surface area contributed by atoms with E-state index < -0.39 is 0 Å². The van der Waals surface area contributed by atoms with Gasteiger partial charge in [-0.2, -0.15) is 5.10 Å². The zero-order valence-corrected chi connectivity index (χ0v) is 15.6. The highest BCUT2D eigenvalue weighted by molar-refractivity contribution is 7.15. The summed E-state index contributed by atoms with van der Waals surface area (Å²) >= 11 is 1.73. The second-order valence-corrected chi connectivity index (χ2v) is 8.74. The van der Waals surface area contributed by atoms with Crippen LogP contribution in [0, 0.1) is 0 Å². The lowest BCUT2D eigenvalue weighted by molar-refractivity contribution is 0.112. The van der Waals surface area contributed by atoms with Crippen molar-refractivity contribution in [3.05, 3.63) is 38.8 Å². The van der Waals surface area contributed by atoms with Gasteiger partial charge in [-0.05, 0) is 44.6 Å². The molecule has 2 aliphatic carbocycles. The van der Waals surface area contributed by atoms with E-state index in [1.165, 1.54) is 23.4 Å². The van der Waals surface area contributed by atoms with Crippen LogP contribution in [0.1, 0.15) is 66.7 Å². The maximum absolute atomic E-state index is 12.3. The first-order valence-electron chi connectivity index (χ1n) is 9.69. The molecule has 0 saturated heterocycles. The molecule has 0 spiro atoms. The third-order valence-corrected chi connectivity index (χ3v) is 6.71. The van der Waals surface area contributed by atoms with Crippen molar-refractivity contribution in [2.45, 2.75) is 69.6 Å². The zero-order chi connectivity index (χ0) is 17.5. The molecular weight excluding hydrogens is 348 g/mol. The average Bonchev–Trinajstić information content (AvgIpc) is 3.43. The largest absolute Gasteiger partial charge is 0.375 e. The van der Waals surface area contributed by atoms with Crippen molar-refractivity contribution in [1.82, 2.24) is 14.8 Å². The van der Waals surface area contributed by atoms with Crippen LogP contribution in [0.25, 0.3) is 0 Å². The average molecular weight is 372 g/mol. The van der Waals surface area contributed by atoms with Gasteiger partial charge in [0.25, 0.3) is 5.56 Å². The third kappa shape index (κ3) is 3.30. The van der Waals surface area contributed by atoms with Crippen molar-refractivity contribution in [3.8, 4) is 0 Å². The lowest BCUT2D eigenvalue weighted by Gasteiger charge is -2.29. The Balaban J connectivity index is 1.23. The number of fused-ring (bicyclic) bond motifs is 1. The predicted molar refractivity (Wildman–Crippen MR) is 101 cm³/mol. The lowest BCUT2D eigenvalue weighted by Crippen LogP contribution is -2.33. The quantitative estimate of drug-likeness (QED) is 0.892. The van der Waals surface area contributed by atoms with Gasteiger partial charge in [0.1, 0.15) is 0 Å². The molecule has 2 saturated carbocycles. The van der Waals surface area contributed by atoms with E-state index in [0.717, 1.165) is 49.5 Å². The van der Waals surface area contributed by atoms with E-state index in [1.807, 2.05) is 6.07 Å². The second kappa shape index (κ2) is 6.78. The molecule has 0 bridgehead atoms. The van der Waals surface area contributed by atoms with Crippen LogP contribution in [0.3, 0.4) is 0 Å². The molecule has 26 heavy (non-hydrogen) atoms. The molecule has 2 aromatic rings. The van der Waals surface area contributed by atoms with Crippen molar-refractivity contribution in [3.63, 3.8) is 0 Å². The SMILES string of the molecule is O=c1ccc(C2CC2)nn1C1CCC(Nc2nc3c(s2)COCC3)CC1. The molecular formula is C19H24N4O2S. The van der Waals surface area contributed by atoms with Crippen molar-refractivity contribution in [2.24, 2.45) is 0 Å². The van der Waals surface area contributed by atoms with Gasteiger partial charge in [-0.25, -0.2) is 9.67 Å². The summed E-state index contributed by atoms with van der Waals surface area (Å²) in [5, 5.41) is 9.30. The van der Waals surface area contributed by atoms with E-state index in [9.17, 15) is 4.79 Å². The number of thiazole rings is 1. The summed E-state index contributed by atoms with van der Waals surface area (Å²) in [4.78, 5) is 18.3. The molecule has 6 nitrogen and oxygen atoms in total. The molecule has 0 aromatic carbocycles. The first-order valence-corrected chi connectivity index (χ1v) is 10.5. The highest BCUT2D eigenvalue weighted by Crippen LogP contribution is 2.39. The van der Waals surface area contributed by atoms with Crippen molar-refractivity contribution in [1.29, 1.82) is 0 Å². The van der Waals surface area contributed by atoms with E-state index >= 15 is 0 Å². The molecule has 0 atom stereocenters. The maximum atomic E-state index is 12.3. The summed E-state index contributed by atoms with van der Waals surface area (Å²) in [7, 11) is 0. The number of ether oxygens (including phenoxy) is 1. The maximum Gasteiger partial charge on any atom is 0.267 e. The van der Waals surface area contributed by atoms with E-state index in [-0.39, 0.29) is 11.6 Å². The van der Waals surface area contributed by atoms with Crippen LogP contribution >= 0.6 is 11.3 Å². The van der Waals surface area contributed by atoms with Gasteiger partial charge in [0.2, 0.25) is 0 Å². The molecule has 3 heterocycles. The first kappa shape index (κ1) is 16.4.